The highest BCUT2D eigenvalue weighted by Gasteiger charge is 2.33. The molecule has 82 valence electrons. The van der Waals surface area contributed by atoms with Crippen LogP contribution in [0, 0.1) is 5.92 Å². The predicted molar refractivity (Wildman–Crippen MR) is 50.7 cm³/mol. The molecule has 1 fully saturated rings. The molecule has 1 aliphatic rings. The van der Waals surface area contributed by atoms with Gasteiger partial charge >= 0.3 is 5.97 Å². The molecule has 0 bridgehead atoms. The van der Waals surface area contributed by atoms with Crippen LogP contribution in [0.3, 0.4) is 0 Å². The van der Waals surface area contributed by atoms with Crippen LogP contribution in [0.5, 0.6) is 0 Å². The first-order chi connectivity index (χ1) is 6.41. The molecule has 0 amide bonds. The van der Waals surface area contributed by atoms with Crippen molar-refractivity contribution in [2.45, 2.75) is 39.6 Å². The molecule has 0 unspecified atom stereocenters. The van der Waals surface area contributed by atoms with E-state index in [9.17, 15) is 4.79 Å². The number of esters is 1. The first kappa shape index (κ1) is 11.5. The van der Waals surface area contributed by atoms with Crippen molar-refractivity contribution in [2.75, 3.05) is 13.2 Å². The molecule has 1 heterocycles. The zero-order chi connectivity index (χ0) is 10.8. The highest BCUT2D eigenvalue weighted by atomic mass is 16.7. The van der Waals surface area contributed by atoms with Crippen molar-refractivity contribution in [3.63, 3.8) is 0 Å². The van der Waals surface area contributed by atoms with Crippen LogP contribution in [0.15, 0.2) is 0 Å². The second-order valence-electron chi connectivity index (χ2n) is 4.20. The molecule has 0 spiro atoms. The first-order valence-corrected chi connectivity index (χ1v) is 4.89. The van der Waals surface area contributed by atoms with Crippen LogP contribution in [0.25, 0.3) is 0 Å². The van der Waals surface area contributed by atoms with Gasteiger partial charge in [-0.1, -0.05) is 0 Å². The van der Waals surface area contributed by atoms with Crippen molar-refractivity contribution in [1.82, 2.24) is 0 Å². The summed E-state index contributed by atoms with van der Waals surface area (Å²) in [5.74, 6) is -1.10. The third-order valence-electron chi connectivity index (χ3n) is 1.95. The first-order valence-electron chi connectivity index (χ1n) is 4.89. The molecule has 4 nitrogen and oxygen atoms in total. The lowest BCUT2D eigenvalue weighted by Gasteiger charge is -2.34. The third-order valence-corrected chi connectivity index (χ3v) is 1.95. The van der Waals surface area contributed by atoms with Crippen LogP contribution in [0.1, 0.15) is 27.7 Å². The van der Waals surface area contributed by atoms with E-state index in [0.29, 0.717) is 13.2 Å². The number of ether oxygens (including phenoxy) is 3. The molecule has 14 heavy (non-hydrogen) atoms. The molecule has 0 saturated carbocycles. The number of hydrogen-bond donors (Lipinski definition) is 0. The van der Waals surface area contributed by atoms with Gasteiger partial charge in [0, 0.05) is 0 Å². The molecule has 0 aromatic heterocycles. The van der Waals surface area contributed by atoms with Gasteiger partial charge in [-0.3, -0.25) is 4.79 Å². The topological polar surface area (TPSA) is 44.8 Å². The number of rotatable bonds is 2. The maximum atomic E-state index is 11.4. The molecular formula is C10H18O4. The van der Waals surface area contributed by atoms with Gasteiger partial charge in [0.05, 0.1) is 19.3 Å². The predicted octanol–water partition coefficient (Wildman–Crippen LogP) is 1.34. The smallest absolute Gasteiger partial charge is 0.313 e. The molecule has 0 aromatic carbocycles. The van der Waals surface area contributed by atoms with Crippen molar-refractivity contribution >= 4 is 5.97 Å². The van der Waals surface area contributed by atoms with E-state index >= 15 is 0 Å². The minimum Gasteiger partial charge on any atom is -0.463 e. The Morgan fingerprint density at radius 1 is 1.36 bits per heavy atom. The third kappa shape index (κ3) is 3.27. The molecule has 1 rings (SSSR count). The zero-order valence-corrected chi connectivity index (χ0v) is 9.20. The Labute approximate surface area is 84.5 Å². The summed E-state index contributed by atoms with van der Waals surface area (Å²) >= 11 is 0. The van der Waals surface area contributed by atoms with Crippen molar-refractivity contribution in [3.8, 4) is 0 Å². The zero-order valence-electron chi connectivity index (χ0n) is 9.20. The van der Waals surface area contributed by atoms with Gasteiger partial charge in [0.1, 0.15) is 5.92 Å². The quantitative estimate of drug-likeness (QED) is 0.634. The van der Waals surface area contributed by atoms with E-state index in [1.807, 2.05) is 27.7 Å². The Bertz CT molecular complexity index is 200. The van der Waals surface area contributed by atoms with Gasteiger partial charge in [-0.2, -0.15) is 0 Å². The Morgan fingerprint density at radius 3 is 2.29 bits per heavy atom. The van der Waals surface area contributed by atoms with E-state index in [-0.39, 0.29) is 18.0 Å². The van der Waals surface area contributed by atoms with E-state index in [1.165, 1.54) is 0 Å². The van der Waals surface area contributed by atoms with Crippen LogP contribution >= 0.6 is 0 Å². The molecule has 1 aliphatic heterocycles. The lowest BCUT2D eigenvalue weighted by molar-refractivity contribution is -0.262. The highest BCUT2D eigenvalue weighted by molar-refractivity contribution is 5.73. The molecule has 0 radical (unpaired) electrons. The summed E-state index contributed by atoms with van der Waals surface area (Å²) in [7, 11) is 0. The van der Waals surface area contributed by atoms with Crippen molar-refractivity contribution in [3.05, 3.63) is 0 Å². The lowest BCUT2D eigenvalue weighted by Crippen LogP contribution is -2.43. The fraction of sp³-hybridized carbons (Fsp3) is 0.900. The second-order valence-corrected chi connectivity index (χ2v) is 4.20. The normalized spacial score (nSPS) is 22.4. The SMILES string of the molecule is CC(C)OC(=O)C1COC(C)(C)OC1. The maximum Gasteiger partial charge on any atom is 0.313 e. The van der Waals surface area contributed by atoms with E-state index in [1.54, 1.807) is 0 Å². The van der Waals surface area contributed by atoms with Crippen molar-refractivity contribution in [1.29, 1.82) is 0 Å². The van der Waals surface area contributed by atoms with E-state index in [2.05, 4.69) is 0 Å². The van der Waals surface area contributed by atoms with Gasteiger partial charge in [0.15, 0.2) is 5.79 Å². The van der Waals surface area contributed by atoms with E-state index in [4.69, 9.17) is 14.2 Å². The average molecular weight is 202 g/mol. The van der Waals surface area contributed by atoms with Gasteiger partial charge < -0.3 is 14.2 Å². The fourth-order valence-electron chi connectivity index (χ4n) is 1.16. The number of hydrogen-bond acceptors (Lipinski definition) is 4. The molecule has 4 heteroatoms. The maximum absolute atomic E-state index is 11.4. The van der Waals surface area contributed by atoms with Crippen LogP contribution in [-0.2, 0) is 19.0 Å². The van der Waals surface area contributed by atoms with Crippen molar-refractivity contribution < 1.29 is 19.0 Å². The average Bonchev–Trinajstić information content (AvgIpc) is 2.02. The number of carbonyl (C=O) groups is 1. The minimum absolute atomic E-state index is 0.0857. The van der Waals surface area contributed by atoms with E-state index in [0.717, 1.165) is 0 Å². The highest BCUT2D eigenvalue weighted by Crippen LogP contribution is 2.21. The Hall–Kier alpha value is -0.610. The van der Waals surface area contributed by atoms with Crippen LogP contribution in [-0.4, -0.2) is 31.1 Å². The summed E-state index contributed by atoms with van der Waals surface area (Å²) in [6.45, 7) is 8.06. The van der Waals surface area contributed by atoms with Gasteiger partial charge in [0.2, 0.25) is 0 Å². The van der Waals surface area contributed by atoms with Crippen molar-refractivity contribution in [2.24, 2.45) is 5.92 Å². The largest absolute Gasteiger partial charge is 0.463 e. The summed E-state index contributed by atoms with van der Waals surface area (Å²) in [4.78, 5) is 11.4. The molecule has 0 aromatic rings. The molecule has 0 atom stereocenters. The standard InChI is InChI=1S/C10H18O4/c1-7(2)14-9(11)8-5-12-10(3,4)13-6-8/h7-8H,5-6H2,1-4H3. The molecule has 1 saturated heterocycles. The van der Waals surface area contributed by atoms with Gasteiger partial charge in [-0.25, -0.2) is 0 Å². The fourth-order valence-corrected chi connectivity index (χ4v) is 1.16. The van der Waals surface area contributed by atoms with Crippen LogP contribution in [0.4, 0.5) is 0 Å². The minimum atomic E-state index is -0.575. The Balaban J connectivity index is 2.38. The summed E-state index contributed by atoms with van der Waals surface area (Å²) in [5, 5.41) is 0. The summed E-state index contributed by atoms with van der Waals surface area (Å²) in [6.07, 6.45) is -0.0857. The second kappa shape index (κ2) is 4.28. The summed E-state index contributed by atoms with van der Waals surface area (Å²) in [6, 6.07) is 0. The molecule has 0 N–H and O–H groups in total. The molecule has 0 aliphatic carbocycles. The van der Waals surface area contributed by atoms with Gasteiger partial charge in [-0.05, 0) is 27.7 Å². The van der Waals surface area contributed by atoms with Gasteiger partial charge in [-0.15, -0.1) is 0 Å². The van der Waals surface area contributed by atoms with Crippen LogP contribution in [0.2, 0.25) is 0 Å². The summed E-state index contributed by atoms with van der Waals surface area (Å²) < 4.78 is 15.8. The molecular weight excluding hydrogens is 184 g/mol. The Morgan fingerprint density at radius 2 is 1.86 bits per heavy atom. The Kier molecular flexibility index (Phi) is 3.50. The summed E-state index contributed by atoms with van der Waals surface area (Å²) in [5.41, 5.74) is 0. The number of carbonyl (C=O) groups excluding carboxylic acids is 1. The lowest BCUT2D eigenvalue weighted by atomic mass is 10.1. The van der Waals surface area contributed by atoms with Crippen LogP contribution < -0.4 is 0 Å². The van der Waals surface area contributed by atoms with E-state index < -0.39 is 5.79 Å². The van der Waals surface area contributed by atoms with Gasteiger partial charge in [0.25, 0.3) is 0 Å². The monoisotopic (exact) mass is 202 g/mol.